The minimum absolute atomic E-state index is 0.00558. The molecule has 0 radical (unpaired) electrons. The first-order valence-corrected chi connectivity index (χ1v) is 9.97. The van der Waals surface area contributed by atoms with Gasteiger partial charge in [-0.05, 0) is 36.4 Å². The number of ether oxygens (including phenoxy) is 2. The van der Waals surface area contributed by atoms with E-state index in [1.54, 1.807) is 24.4 Å². The van der Waals surface area contributed by atoms with Gasteiger partial charge in [0.2, 0.25) is 0 Å². The zero-order chi connectivity index (χ0) is 23.4. The van der Waals surface area contributed by atoms with Crippen molar-refractivity contribution >= 4 is 17.7 Å². The van der Waals surface area contributed by atoms with Crippen molar-refractivity contribution in [1.82, 2.24) is 10.3 Å². The molecule has 10 heteroatoms. The predicted octanol–water partition coefficient (Wildman–Crippen LogP) is 4.50. The lowest BCUT2D eigenvalue weighted by Crippen LogP contribution is -2.34. The topological polar surface area (TPSA) is 89.5 Å². The Balaban J connectivity index is 1.51. The largest absolute Gasteiger partial charge is 0.492 e. The Bertz CT molecular complexity index is 1190. The highest BCUT2D eigenvalue weighted by molar-refractivity contribution is 6.06. The van der Waals surface area contributed by atoms with E-state index in [0.717, 1.165) is 18.2 Å². The molecule has 170 valence electrons. The summed E-state index contributed by atoms with van der Waals surface area (Å²) in [6.45, 7) is 0.0367. The lowest BCUT2D eigenvalue weighted by Gasteiger charge is -2.28. The number of nitrogens with zero attached hydrogens (tertiary/aromatic N) is 1. The monoisotopic (exact) mass is 457 g/mol. The molecule has 33 heavy (non-hydrogen) atoms. The first kappa shape index (κ1) is 22.1. The highest BCUT2D eigenvalue weighted by Crippen LogP contribution is 2.37. The average Bonchev–Trinajstić information content (AvgIpc) is 2.81. The van der Waals surface area contributed by atoms with Crippen LogP contribution in [0.5, 0.6) is 5.75 Å². The third-order valence-electron chi connectivity index (χ3n) is 4.94. The molecule has 3 aromatic rings. The van der Waals surface area contributed by atoms with Gasteiger partial charge in [-0.1, -0.05) is 6.07 Å². The van der Waals surface area contributed by atoms with E-state index in [-0.39, 0.29) is 42.2 Å². The van der Waals surface area contributed by atoms with Gasteiger partial charge >= 0.3 is 6.09 Å². The molecule has 0 saturated carbocycles. The number of pyridine rings is 1. The molecule has 2 amide bonds. The molecular weight excluding hydrogens is 439 g/mol. The summed E-state index contributed by atoms with van der Waals surface area (Å²) in [6, 6.07) is 9.54. The zero-order valence-electron chi connectivity index (χ0n) is 17.1. The van der Waals surface area contributed by atoms with Gasteiger partial charge in [0.1, 0.15) is 18.2 Å². The number of carbonyl (C=O) groups is 2. The molecule has 0 saturated heterocycles. The molecule has 2 aromatic carbocycles. The molecular formula is C23H18F3N3O4. The summed E-state index contributed by atoms with van der Waals surface area (Å²) in [5, 5.41) is 5.01. The van der Waals surface area contributed by atoms with Gasteiger partial charge in [0.05, 0.1) is 29.5 Å². The number of aromatic nitrogens is 1. The van der Waals surface area contributed by atoms with Crippen LogP contribution in [0.3, 0.4) is 0 Å². The number of rotatable bonds is 5. The van der Waals surface area contributed by atoms with Crippen molar-refractivity contribution in [2.75, 3.05) is 11.9 Å². The molecule has 0 fully saturated rings. The molecule has 0 unspecified atom stereocenters. The van der Waals surface area contributed by atoms with Crippen LogP contribution in [0.1, 0.15) is 34.1 Å². The van der Waals surface area contributed by atoms with Crippen molar-refractivity contribution in [1.29, 1.82) is 0 Å². The van der Waals surface area contributed by atoms with Gasteiger partial charge in [-0.2, -0.15) is 0 Å². The Morgan fingerprint density at radius 2 is 1.88 bits per heavy atom. The maximum Gasteiger partial charge on any atom is 0.408 e. The zero-order valence-corrected chi connectivity index (χ0v) is 17.1. The van der Waals surface area contributed by atoms with Gasteiger partial charge < -0.3 is 20.1 Å². The van der Waals surface area contributed by atoms with Crippen LogP contribution in [0.25, 0.3) is 0 Å². The highest BCUT2D eigenvalue weighted by Gasteiger charge is 2.31. The van der Waals surface area contributed by atoms with E-state index in [4.69, 9.17) is 9.47 Å². The Hall–Kier alpha value is -4.08. The van der Waals surface area contributed by atoms with Crippen molar-refractivity contribution in [3.63, 3.8) is 0 Å². The number of fused-ring (bicyclic) bond motifs is 1. The van der Waals surface area contributed by atoms with Crippen molar-refractivity contribution in [2.45, 2.75) is 19.1 Å². The molecule has 2 N–H and O–H groups in total. The van der Waals surface area contributed by atoms with Gasteiger partial charge in [-0.3, -0.25) is 9.78 Å². The molecule has 4 rings (SSSR count). The van der Waals surface area contributed by atoms with E-state index >= 15 is 0 Å². The number of amides is 2. The number of anilines is 1. The minimum Gasteiger partial charge on any atom is -0.492 e. The summed E-state index contributed by atoms with van der Waals surface area (Å²) in [7, 11) is 0. The molecule has 7 nitrogen and oxygen atoms in total. The maximum atomic E-state index is 14.7. The maximum absolute atomic E-state index is 14.7. The van der Waals surface area contributed by atoms with Gasteiger partial charge in [0.25, 0.3) is 5.91 Å². The standard InChI is InChI=1S/C23H18F3N3O4/c24-16-6-4-13(11-18(16)26)28-22(30)15-5-7-17(25)20-19(8-10-32-21(15)20)29-23(31)33-12-14-3-1-2-9-27-14/h1-7,9,11,19H,8,10,12H2,(H,28,30)(H,29,31)/t19-/m0/s1. The third-order valence-corrected chi connectivity index (χ3v) is 4.94. The number of benzene rings is 2. The van der Waals surface area contributed by atoms with E-state index in [1.807, 2.05) is 0 Å². The van der Waals surface area contributed by atoms with Crippen LogP contribution in [0.2, 0.25) is 0 Å². The van der Waals surface area contributed by atoms with Crippen molar-refractivity contribution in [3.8, 4) is 5.75 Å². The van der Waals surface area contributed by atoms with Crippen molar-refractivity contribution in [2.24, 2.45) is 0 Å². The molecule has 0 bridgehead atoms. The molecule has 1 aliphatic heterocycles. The number of nitrogens with one attached hydrogen (secondary N) is 2. The van der Waals surface area contributed by atoms with E-state index in [9.17, 15) is 22.8 Å². The first-order chi connectivity index (χ1) is 15.9. The smallest absolute Gasteiger partial charge is 0.408 e. The number of halogens is 3. The van der Waals surface area contributed by atoms with Crippen LogP contribution < -0.4 is 15.4 Å². The van der Waals surface area contributed by atoms with Crippen LogP contribution >= 0.6 is 0 Å². The summed E-state index contributed by atoms with van der Waals surface area (Å²) >= 11 is 0. The van der Waals surface area contributed by atoms with Crippen molar-refractivity contribution < 1.29 is 32.2 Å². The normalized spacial score (nSPS) is 14.6. The number of hydrogen-bond acceptors (Lipinski definition) is 5. The minimum atomic E-state index is -1.13. The fourth-order valence-corrected chi connectivity index (χ4v) is 3.38. The lowest BCUT2D eigenvalue weighted by atomic mass is 9.96. The fraction of sp³-hybridized carbons (Fsp3) is 0.174. The van der Waals surface area contributed by atoms with E-state index in [2.05, 4.69) is 15.6 Å². The Kier molecular flexibility index (Phi) is 6.43. The number of hydrogen-bond donors (Lipinski definition) is 2. The molecule has 0 aliphatic carbocycles. The molecule has 1 aliphatic rings. The van der Waals surface area contributed by atoms with Crippen LogP contribution in [0.15, 0.2) is 54.7 Å². The SMILES string of the molecule is O=C(N[C@H]1CCOc2c(C(=O)Nc3ccc(F)c(F)c3)ccc(F)c21)OCc1ccccn1. The number of alkyl carbamates (subject to hydrolysis) is 1. The summed E-state index contributed by atoms with van der Waals surface area (Å²) < 4.78 is 51.9. The summed E-state index contributed by atoms with van der Waals surface area (Å²) in [4.78, 5) is 29.0. The van der Waals surface area contributed by atoms with Crippen LogP contribution in [0, 0.1) is 17.5 Å². The van der Waals surface area contributed by atoms with Crippen LogP contribution in [0.4, 0.5) is 23.7 Å². The molecule has 1 atom stereocenters. The Labute approximate surface area is 186 Å². The average molecular weight is 457 g/mol. The first-order valence-electron chi connectivity index (χ1n) is 9.97. The molecule has 0 spiro atoms. The Morgan fingerprint density at radius 1 is 1.06 bits per heavy atom. The van der Waals surface area contributed by atoms with Gasteiger partial charge in [0, 0.05) is 24.4 Å². The number of carbonyl (C=O) groups excluding carboxylic acids is 2. The second-order valence-corrected chi connectivity index (χ2v) is 7.15. The lowest BCUT2D eigenvalue weighted by molar-refractivity contribution is 0.102. The third kappa shape index (κ3) is 5.05. The van der Waals surface area contributed by atoms with E-state index in [0.29, 0.717) is 5.69 Å². The van der Waals surface area contributed by atoms with Crippen molar-refractivity contribution in [3.05, 3.63) is 89.0 Å². The predicted molar refractivity (Wildman–Crippen MR) is 111 cm³/mol. The fourth-order valence-electron chi connectivity index (χ4n) is 3.38. The van der Waals surface area contributed by atoms with E-state index < -0.39 is 35.5 Å². The van der Waals surface area contributed by atoms with Crippen LogP contribution in [-0.2, 0) is 11.3 Å². The molecule has 2 heterocycles. The second kappa shape index (κ2) is 9.60. The summed E-state index contributed by atoms with van der Waals surface area (Å²) in [5.74, 6) is -3.62. The summed E-state index contributed by atoms with van der Waals surface area (Å²) in [5.41, 5.74) is 0.529. The van der Waals surface area contributed by atoms with Gasteiger partial charge in [-0.15, -0.1) is 0 Å². The van der Waals surface area contributed by atoms with E-state index in [1.165, 1.54) is 12.1 Å². The van der Waals surface area contributed by atoms with Crippen LogP contribution in [-0.4, -0.2) is 23.6 Å². The van der Waals surface area contributed by atoms with Gasteiger partial charge in [0.15, 0.2) is 11.6 Å². The van der Waals surface area contributed by atoms with Gasteiger partial charge in [-0.25, -0.2) is 18.0 Å². The summed E-state index contributed by atoms with van der Waals surface area (Å²) in [6.07, 6.45) is 1.03. The second-order valence-electron chi connectivity index (χ2n) is 7.15. The molecule has 1 aromatic heterocycles. The quantitative estimate of drug-likeness (QED) is 0.589. The Morgan fingerprint density at radius 3 is 2.64 bits per heavy atom. The highest BCUT2D eigenvalue weighted by atomic mass is 19.2.